The first-order valence-electron chi connectivity index (χ1n) is 10.0. The number of aromatic nitrogens is 5. The zero-order chi connectivity index (χ0) is 21.9. The van der Waals surface area contributed by atoms with Gasteiger partial charge >= 0.3 is 0 Å². The van der Waals surface area contributed by atoms with E-state index in [9.17, 15) is 9.59 Å². The van der Waals surface area contributed by atoms with Crippen LogP contribution in [-0.2, 0) is 17.9 Å². The van der Waals surface area contributed by atoms with E-state index in [0.717, 1.165) is 16.3 Å². The Hall–Kier alpha value is -4.05. The number of benzene rings is 1. The first-order chi connectivity index (χ1) is 15.7. The SMILES string of the molecule is O=C(NCCn1ncc2c(NCc3cccs3)ncnc21)C(=O)c1c[nH]c2ccccc12. The molecule has 0 aliphatic heterocycles. The van der Waals surface area contributed by atoms with E-state index >= 15 is 0 Å². The predicted octanol–water partition coefficient (Wildman–Crippen LogP) is 2.98. The van der Waals surface area contributed by atoms with E-state index in [2.05, 4.69) is 36.8 Å². The third-order valence-corrected chi connectivity index (χ3v) is 5.97. The number of Topliss-reactive ketones (excluding diaryl/α,β-unsaturated/α-hetero) is 1. The van der Waals surface area contributed by atoms with Crippen LogP contribution in [-0.4, -0.2) is 43.0 Å². The molecule has 3 N–H and O–H groups in total. The fourth-order valence-electron chi connectivity index (χ4n) is 3.52. The molecule has 32 heavy (non-hydrogen) atoms. The van der Waals surface area contributed by atoms with Crippen molar-refractivity contribution in [1.29, 1.82) is 0 Å². The second-order valence-corrected chi connectivity index (χ2v) is 8.13. The van der Waals surface area contributed by atoms with Crippen LogP contribution in [0, 0.1) is 0 Å². The van der Waals surface area contributed by atoms with E-state index in [1.54, 1.807) is 28.4 Å². The molecule has 0 fully saturated rings. The summed E-state index contributed by atoms with van der Waals surface area (Å²) in [6, 6.07) is 11.4. The number of carbonyl (C=O) groups excluding carboxylic acids is 2. The van der Waals surface area contributed by atoms with Crippen molar-refractivity contribution in [3.63, 3.8) is 0 Å². The summed E-state index contributed by atoms with van der Waals surface area (Å²) in [5, 5.41) is 13.9. The van der Waals surface area contributed by atoms with Crippen LogP contribution < -0.4 is 10.6 Å². The maximum Gasteiger partial charge on any atom is 0.292 e. The highest BCUT2D eigenvalue weighted by Gasteiger charge is 2.19. The second kappa shape index (κ2) is 8.60. The number of hydrogen-bond donors (Lipinski definition) is 3. The zero-order valence-corrected chi connectivity index (χ0v) is 17.7. The second-order valence-electron chi connectivity index (χ2n) is 7.09. The van der Waals surface area contributed by atoms with Gasteiger partial charge in [-0.3, -0.25) is 9.59 Å². The normalized spacial score (nSPS) is 11.1. The smallest absolute Gasteiger partial charge is 0.292 e. The van der Waals surface area contributed by atoms with Crippen LogP contribution in [0.4, 0.5) is 5.82 Å². The average molecular weight is 446 g/mol. The molecule has 0 atom stereocenters. The maximum atomic E-state index is 12.6. The standard InChI is InChI=1S/C22H19N7O2S/c30-19(16-11-24-18-6-2-1-5-15(16)18)22(31)23-7-8-29-21-17(12-28-29)20(26-13-27-21)25-10-14-4-3-9-32-14/h1-6,9,11-13,24H,7-8,10H2,(H,23,31)(H,25,26,27). The fourth-order valence-corrected chi connectivity index (χ4v) is 4.16. The number of ketones is 1. The minimum atomic E-state index is -0.654. The highest BCUT2D eigenvalue weighted by molar-refractivity contribution is 7.09. The van der Waals surface area contributed by atoms with Crippen LogP contribution in [0.3, 0.4) is 0 Å². The fraction of sp³-hybridized carbons (Fsp3) is 0.136. The molecule has 9 nitrogen and oxygen atoms in total. The van der Waals surface area contributed by atoms with Crippen molar-refractivity contribution < 1.29 is 9.59 Å². The summed E-state index contributed by atoms with van der Waals surface area (Å²) >= 11 is 1.67. The molecule has 4 aromatic heterocycles. The lowest BCUT2D eigenvalue weighted by Crippen LogP contribution is -2.33. The van der Waals surface area contributed by atoms with Crippen molar-refractivity contribution in [2.75, 3.05) is 11.9 Å². The third kappa shape index (κ3) is 3.83. The van der Waals surface area contributed by atoms with E-state index in [1.165, 1.54) is 11.2 Å². The molecule has 160 valence electrons. The Bertz CT molecular complexity index is 1400. The monoisotopic (exact) mass is 445 g/mol. The molecule has 0 saturated carbocycles. The summed E-state index contributed by atoms with van der Waals surface area (Å²) in [5.41, 5.74) is 1.83. The van der Waals surface area contributed by atoms with Gasteiger partial charge in [-0.25, -0.2) is 14.6 Å². The maximum absolute atomic E-state index is 12.6. The Balaban J connectivity index is 1.23. The molecule has 1 aromatic carbocycles. The summed E-state index contributed by atoms with van der Waals surface area (Å²) in [6.07, 6.45) is 4.75. The van der Waals surface area contributed by atoms with Gasteiger partial charge in [0.05, 0.1) is 30.2 Å². The summed E-state index contributed by atoms with van der Waals surface area (Å²) in [7, 11) is 0. The molecule has 0 aliphatic carbocycles. The number of thiophene rings is 1. The van der Waals surface area contributed by atoms with Gasteiger partial charge in [-0.1, -0.05) is 24.3 Å². The van der Waals surface area contributed by atoms with Gasteiger partial charge in [0.15, 0.2) is 5.65 Å². The van der Waals surface area contributed by atoms with Crippen LogP contribution in [0.1, 0.15) is 15.2 Å². The van der Waals surface area contributed by atoms with E-state index < -0.39 is 11.7 Å². The number of nitrogens with zero attached hydrogens (tertiary/aromatic N) is 4. The van der Waals surface area contributed by atoms with Crippen molar-refractivity contribution in [1.82, 2.24) is 30.0 Å². The highest BCUT2D eigenvalue weighted by Crippen LogP contribution is 2.20. The largest absolute Gasteiger partial charge is 0.364 e. The zero-order valence-electron chi connectivity index (χ0n) is 16.9. The van der Waals surface area contributed by atoms with Crippen molar-refractivity contribution in [3.05, 3.63) is 70.9 Å². The van der Waals surface area contributed by atoms with Gasteiger partial charge in [0.1, 0.15) is 12.1 Å². The highest BCUT2D eigenvalue weighted by atomic mass is 32.1. The van der Waals surface area contributed by atoms with Crippen molar-refractivity contribution >= 4 is 50.8 Å². The van der Waals surface area contributed by atoms with E-state index in [-0.39, 0.29) is 6.54 Å². The number of nitrogens with one attached hydrogen (secondary N) is 3. The first kappa shape index (κ1) is 19.9. The number of anilines is 1. The lowest BCUT2D eigenvalue weighted by Gasteiger charge is -2.07. The van der Waals surface area contributed by atoms with Crippen molar-refractivity contribution in [3.8, 4) is 0 Å². The van der Waals surface area contributed by atoms with Crippen LogP contribution in [0.5, 0.6) is 0 Å². The number of aromatic amines is 1. The van der Waals surface area contributed by atoms with E-state index in [4.69, 9.17) is 0 Å². The molecule has 0 bridgehead atoms. The first-order valence-corrected chi connectivity index (χ1v) is 10.9. The minimum Gasteiger partial charge on any atom is -0.364 e. The molecule has 5 rings (SSSR count). The molecule has 0 saturated heterocycles. The van der Waals surface area contributed by atoms with E-state index in [0.29, 0.717) is 30.1 Å². The van der Waals surface area contributed by atoms with Gasteiger partial charge in [-0.05, 0) is 17.5 Å². The Morgan fingerprint density at radius 1 is 1.09 bits per heavy atom. The van der Waals surface area contributed by atoms with Gasteiger partial charge in [-0.15, -0.1) is 11.3 Å². The van der Waals surface area contributed by atoms with Crippen LogP contribution in [0.2, 0.25) is 0 Å². The molecule has 10 heteroatoms. The molecule has 4 heterocycles. The topological polar surface area (TPSA) is 118 Å². The quantitative estimate of drug-likeness (QED) is 0.250. The number of hydrogen-bond acceptors (Lipinski definition) is 7. The molecule has 5 aromatic rings. The minimum absolute atomic E-state index is 0.242. The Morgan fingerprint density at radius 3 is 2.88 bits per heavy atom. The third-order valence-electron chi connectivity index (χ3n) is 5.09. The van der Waals surface area contributed by atoms with Crippen LogP contribution in [0.15, 0.2) is 60.5 Å². The number of fused-ring (bicyclic) bond motifs is 2. The predicted molar refractivity (Wildman–Crippen MR) is 123 cm³/mol. The van der Waals surface area contributed by atoms with Gasteiger partial charge in [0, 0.05) is 28.5 Å². The number of rotatable bonds is 8. The molecule has 0 spiro atoms. The lowest BCUT2D eigenvalue weighted by atomic mass is 10.1. The Kier molecular flexibility index (Phi) is 5.34. The molecule has 0 aliphatic rings. The van der Waals surface area contributed by atoms with Crippen LogP contribution in [0.25, 0.3) is 21.9 Å². The number of para-hydroxylation sites is 1. The van der Waals surface area contributed by atoms with E-state index in [1.807, 2.05) is 35.7 Å². The molecule has 0 unspecified atom stereocenters. The van der Waals surface area contributed by atoms with Crippen LogP contribution >= 0.6 is 11.3 Å². The molecule has 0 radical (unpaired) electrons. The molecular formula is C22H19N7O2S. The number of H-pyrrole nitrogens is 1. The van der Waals surface area contributed by atoms with Gasteiger partial charge in [0.25, 0.3) is 11.7 Å². The van der Waals surface area contributed by atoms with Crippen molar-refractivity contribution in [2.24, 2.45) is 0 Å². The molecule has 1 amide bonds. The van der Waals surface area contributed by atoms with Gasteiger partial charge in [0.2, 0.25) is 0 Å². The summed E-state index contributed by atoms with van der Waals surface area (Å²) in [5.74, 6) is -0.525. The average Bonchev–Trinajstić information content (AvgIpc) is 3.57. The summed E-state index contributed by atoms with van der Waals surface area (Å²) < 4.78 is 1.68. The summed E-state index contributed by atoms with van der Waals surface area (Å²) in [6.45, 7) is 1.28. The number of carbonyl (C=O) groups is 2. The lowest BCUT2D eigenvalue weighted by molar-refractivity contribution is -0.117. The van der Waals surface area contributed by atoms with Gasteiger partial charge < -0.3 is 15.6 Å². The van der Waals surface area contributed by atoms with Gasteiger partial charge in [-0.2, -0.15) is 5.10 Å². The Morgan fingerprint density at radius 2 is 2.00 bits per heavy atom. The number of amides is 1. The Labute approximate surface area is 186 Å². The molecular weight excluding hydrogens is 426 g/mol. The van der Waals surface area contributed by atoms with Crippen molar-refractivity contribution in [2.45, 2.75) is 13.1 Å². The summed E-state index contributed by atoms with van der Waals surface area (Å²) in [4.78, 5) is 37.8.